The second-order valence-corrected chi connectivity index (χ2v) is 8.20. The third-order valence-electron chi connectivity index (χ3n) is 6.93. The number of aliphatic hydroxyl groups is 1. The topological polar surface area (TPSA) is 20.2 Å². The highest BCUT2D eigenvalue weighted by molar-refractivity contribution is 4.99. The van der Waals surface area contributed by atoms with Crippen LogP contribution >= 0.6 is 0 Å². The molecule has 0 aliphatic heterocycles. The molecule has 20 heavy (non-hydrogen) atoms. The summed E-state index contributed by atoms with van der Waals surface area (Å²) in [7, 11) is 0. The number of rotatable bonds is 2. The highest BCUT2D eigenvalue weighted by atomic mass is 16.3. The van der Waals surface area contributed by atoms with Crippen molar-refractivity contribution in [2.75, 3.05) is 0 Å². The molecule has 3 aliphatic rings. The molecule has 0 bridgehead atoms. The van der Waals surface area contributed by atoms with Gasteiger partial charge in [0.15, 0.2) is 0 Å². The lowest BCUT2D eigenvalue weighted by Gasteiger charge is -2.51. The van der Waals surface area contributed by atoms with Crippen molar-refractivity contribution in [3.63, 3.8) is 0 Å². The lowest BCUT2D eigenvalue weighted by Crippen LogP contribution is -2.51. The molecule has 1 heteroatoms. The van der Waals surface area contributed by atoms with E-state index in [9.17, 15) is 5.11 Å². The average Bonchev–Trinajstić information content (AvgIpc) is 2.49. The maximum atomic E-state index is 11.6. The minimum atomic E-state index is -0.291. The van der Waals surface area contributed by atoms with E-state index in [1.54, 1.807) is 0 Å². The first-order chi connectivity index (χ1) is 9.70. The minimum absolute atomic E-state index is 0.291. The van der Waals surface area contributed by atoms with E-state index >= 15 is 0 Å². The lowest BCUT2D eigenvalue weighted by atomic mass is 9.58. The Kier molecular flexibility index (Phi) is 4.75. The van der Waals surface area contributed by atoms with Crippen LogP contribution < -0.4 is 0 Å². The van der Waals surface area contributed by atoms with E-state index in [0.29, 0.717) is 11.8 Å². The van der Waals surface area contributed by atoms with Crippen LogP contribution in [0.4, 0.5) is 0 Å². The fourth-order valence-corrected chi connectivity index (χ4v) is 5.66. The Bertz CT molecular complexity index is 299. The van der Waals surface area contributed by atoms with Crippen molar-refractivity contribution in [2.45, 2.75) is 96.0 Å². The molecule has 116 valence electrons. The van der Waals surface area contributed by atoms with Crippen LogP contribution in [0.1, 0.15) is 90.4 Å². The van der Waals surface area contributed by atoms with Gasteiger partial charge in [-0.25, -0.2) is 0 Å². The fraction of sp³-hybridized carbons (Fsp3) is 1.00. The Morgan fingerprint density at radius 3 is 2.10 bits per heavy atom. The van der Waals surface area contributed by atoms with Crippen LogP contribution in [0.3, 0.4) is 0 Å². The van der Waals surface area contributed by atoms with Crippen molar-refractivity contribution in [1.29, 1.82) is 0 Å². The van der Waals surface area contributed by atoms with Crippen molar-refractivity contribution in [2.24, 2.45) is 23.7 Å². The molecule has 2 unspecified atom stereocenters. The highest BCUT2D eigenvalue weighted by Gasteiger charge is 2.48. The fourth-order valence-electron chi connectivity index (χ4n) is 5.66. The van der Waals surface area contributed by atoms with E-state index in [1.165, 1.54) is 77.0 Å². The summed E-state index contributed by atoms with van der Waals surface area (Å²) in [6.45, 7) is 2.39. The van der Waals surface area contributed by atoms with Crippen LogP contribution in [0, 0.1) is 23.7 Å². The van der Waals surface area contributed by atoms with Gasteiger partial charge in [0.2, 0.25) is 0 Å². The van der Waals surface area contributed by atoms with Gasteiger partial charge in [0.25, 0.3) is 0 Å². The molecular formula is C19H34O. The van der Waals surface area contributed by atoms with Gasteiger partial charge >= 0.3 is 0 Å². The molecule has 0 aromatic rings. The molecule has 0 radical (unpaired) electrons. The van der Waals surface area contributed by atoms with Gasteiger partial charge in [-0.2, -0.15) is 0 Å². The van der Waals surface area contributed by atoms with E-state index in [2.05, 4.69) is 6.92 Å². The smallest absolute Gasteiger partial charge is 0.0706 e. The average molecular weight is 278 g/mol. The summed E-state index contributed by atoms with van der Waals surface area (Å²) < 4.78 is 0. The summed E-state index contributed by atoms with van der Waals surface area (Å²) in [6, 6.07) is 0. The summed E-state index contributed by atoms with van der Waals surface area (Å²) >= 11 is 0. The van der Waals surface area contributed by atoms with Gasteiger partial charge in [0, 0.05) is 0 Å². The molecule has 0 aromatic carbocycles. The highest BCUT2D eigenvalue weighted by Crippen LogP contribution is 2.50. The summed E-state index contributed by atoms with van der Waals surface area (Å²) in [5.74, 6) is 2.99. The van der Waals surface area contributed by atoms with Crippen LogP contribution in [-0.2, 0) is 0 Å². The maximum Gasteiger partial charge on any atom is 0.0706 e. The summed E-state index contributed by atoms with van der Waals surface area (Å²) in [5, 5.41) is 11.6. The van der Waals surface area contributed by atoms with Crippen molar-refractivity contribution >= 4 is 0 Å². The third kappa shape index (κ3) is 2.93. The van der Waals surface area contributed by atoms with E-state index in [4.69, 9.17) is 0 Å². The Labute approximate surface area is 125 Å². The Hall–Kier alpha value is -0.0400. The van der Waals surface area contributed by atoms with Crippen LogP contribution in [0.2, 0.25) is 0 Å². The van der Waals surface area contributed by atoms with Crippen molar-refractivity contribution in [1.82, 2.24) is 0 Å². The lowest BCUT2D eigenvalue weighted by molar-refractivity contribution is -0.129. The quantitative estimate of drug-likeness (QED) is 0.725. The van der Waals surface area contributed by atoms with Gasteiger partial charge in [0.1, 0.15) is 0 Å². The Morgan fingerprint density at radius 1 is 0.750 bits per heavy atom. The zero-order valence-corrected chi connectivity index (χ0v) is 13.4. The largest absolute Gasteiger partial charge is 0.389 e. The molecule has 0 amide bonds. The van der Waals surface area contributed by atoms with Crippen molar-refractivity contribution in [3.05, 3.63) is 0 Å². The first-order valence-corrected chi connectivity index (χ1v) is 9.42. The van der Waals surface area contributed by atoms with Gasteiger partial charge in [0.05, 0.1) is 5.60 Å². The van der Waals surface area contributed by atoms with Gasteiger partial charge in [-0.15, -0.1) is 0 Å². The van der Waals surface area contributed by atoms with Crippen LogP contribution in [0.15, 0.2) is 0 Å². The molecule has 0 saturated heterocycles. The second-order valence-electron chi connectivity index (χ2n) is 8.20. The van der Waals surface area contributed by atoms with E-state index in [1.807, 2.05) is 0 Å². The van der Waals surface area contributed by atoms with Crippen molar-refractivity contribution < 1.29 is 5.11 Å². The first kappa shape index (κ1) is 14.9. The summed E-state index contributed by atoms with van der Waals surface area (Å²) in [6.07, 6.45) is 17.4. The number of hydrogen-bond acceptors (Lipinski definition) is 1. The summed E-state index contributed by atoms with van der Waals surface area (Å²) in [5.41, 5.74) is -0.291. The molecule has 0 heterocycles. The summed E-state index contributed by atoms with van der Waals surface area (Å²) in [4.78, 5) is 0. The normalized spacial score (nSPS) is 44.4. The van der Waals surface area contributed by atoms with Gasteiger partial charge in [-0.3, -0.25) is 0 Å². The molecule has 1 nitrogen and oxygen atoms in total. The SMILES string of the molecule is CC1CCC(C2(O)CCCCC2C2CCCCC2)CC1. The zero-order valence-electron chi connectivity index (χ0n) is 13.4. The standard InChI is InChI=1S/C19H34O/c1-15-10-12-17(13-11-15)19(20)14-6-5-9-18(19)16-7-3-2-4-8-16/h15-18,20H,2-14H2,1H3. The molecule has 2 atom stereocenters. The predicted octanol–water partition coefficient (Wildman–Crippen LogP) is 5.31. The molecule has 3 aliphatic carbocycles. The van der Waals surface area contributed by atoms with E-state index in [0.717, 1.165) is 18.3 Å². The first-order valence-electron chi connectivity index (χ1n) is 9.42. The Morgan fingerprint density at radius 2 is 1.40 bits per heavy atom. The predicted molar refractivity (Wildman–Crippen MR) is 84.6 cm³/mol. The van der Waals surface area contributed by atoms with Crippen LogP contribution in [0.5, 0.6) is 0 Å². The van der Waals surface area contributed by atoms with Crippen molar-refractivity contribution in [3.8, 4) is 0 Å². The third-order valence-corrected chi connectivity index (χ3v) is 6.93. The van der Waals surface area contributed by atoms with Gasteiger partial charge in [-0.05, 0) is 49.4 Å². The zero-order chi connectivity index (χ0) is 14.0. The second kappa shape index (κ2) is 6.38. The monoisotopic (exact) mass is 278 g/mol. The van der Waals surface area contributed by atoms with E-state index < -0.39 is 0 Å². The maximum absolute atomic E-state index is 11.6. The van der Waals surface area contributed by atoms with Crippen LogP contribution in [0.25, 0.3) is 0 Å². The van der Waals surface area contributed by atoms with Gasteiger partial charge in [-0.1, -0.05) is 64.7 Å². The number of hydrogen-bond donors (Lipinski definition) is 1. The molecule has 3 rings (SSSR count). The van der Waals surface area contributed by atoms with Gasteiger partial charge < -0.3 is 5.11 Å². The molecule has 1 N–H and O–H groups in total. The molecule has 3 fully saturated rings. The molecule has 3 saturated carbocycles. The minimum Gasteiger partial charge on any atom is -0.389 e. The van der Waals surface area contributed by atoms with E-state index in [-0.39, 0.29) is 5.60 Å². The molecule has 0 aromatic heterocycles. The Balaban J connectivity index is 1.72. The molecular weight excluding hydrogens is 244 g/mol. The molecule has 0 spiro atoms. The van der Waals surface area contributed by atoms with Crippen LogP contribution in [-0.4, -0.2) is 10.7 Å².